The standard InChI is InChI=1S/C12H18N4O4/c1-12(2,17)7-15(3)10-5-4-8(16(19)20)6-9(10)11(13)14-18/h4-6,17-18H,7H2,1-3H3,(H2,13,14). The first-order chi connectivity index (χ1) is 9.15. The highest BCUT2D eigenvalue weighted by molar-refractivity contribution is 6.02. The summed E-state index contributed by atoms with van der Waals surface area (Å²) < 4.78 is 0. The SMILES string of the molecule is CN(CC(C)(C)O)c1ccc([N+](=O)[O-])cc1C(N)=NO. The molecule has 0 radical (unpaired) electrons. The number of anilines is 1. The third-order valence-electron chi connectivity index (χ3n) is 2.61. The van der Waals surface area contributed by atoms with Gasteiger partial charge in [-0.3, -0.25) is 10.1 Å². The van der Waals surface area contributed by atoms with Crippen molar-refractivity contribution in [1.29, 1.82) is 0 Å². The van der Waals surface area contributed by atoms with Gasteiger partial charge in [0.05, 0.1) is 16.1 Å². The van der Waals surface area contributed by atoms with Gasteiger partial charge in [0.1, 0.15) is 0 Å². The van der Waals surface area contributed by atoms with Crippen LogP contribution in [0.4, 0.5) is 11.4 Å². The molecule has 0 aliphatic heterocycles. The number of nitrogens with two attached hydrogens (primary N) is 1. The molecule has 0 atom stereocenters. The Labute approximate surface area is 116 Å². The van der Waals surface area contributed by atoms with E-state index in [9.17, 15) is 15.2 Å². The van der Waals surface area contributed by atoms with Crippen LogP contribution in [0, 0.1) is 10.1 Å². The largest absolute Gasteiger partial charge is 0.409 e. The van der Waals surface area contributed by atoms with Crippen LogP contribution in [-0.4, -0.2) is 40.3 Å². The van der Waals surface area contributed by atoms with Gasteiger partial charge < -0.3 is 20.9 Å². The van der Waals surface area contributed by atoms with Gasteiger partial charge in [0.25, 0.3) is 5.69 Å². The minimum atomic E-state index is -0.959. The summed E-state index contributed by atoms with van der Waals surface area (Å²) in [7, 11) is 1.70. The van der Waals surface area contributed by atoms with Crippen LogP contribution in [0.25, 0.3) is 0 Å². The van der Waals surface area contributed by atoms with Gasteiger partial charge in [-0.25, -0.2) is 0 Å². The summed E-state index contributed by atoms with van der Waals surface area (Å²) in [5.41, 5.74) is 5.19. The Balaban J connectivity index is 3.28. The fraction of sp³-hybridized carbons (Fsp3) is 0.417. The number of nitro benzene ring substituents is 1. The minimum Gasteiger partial charge on any atom is -0.409 e. The summed E-state index contributed by atoms with van der Waals surface area (Å²) in [6.45, 7) is 3.55. The van der Waals surface area contributed by atoms with Gasteiger partial charge in [0.15, 0.2) is 5.84 Å². The number of nitro groups is 1. The predicted molar refractivity (Wildman–Crippen MR) is 75.2 cm³/mol. The Morgan fingerprint density at radius 2 is 2.15 bits per heavy atom. The van der Waals surface area contributed by atoms with E-state index < -0.39 is 10.5 Å². The second kappa shape index (κ2) is 5.74. The summed E-state index contributed by atoms with van der Waals surface area (Å²) in [4.78, 5) is 11.9. The summed E-state index contributed by atoms with van der Waals surface area (Å²) >= 11 is 0. The fourth-order valence-corrected chi connectivity index (χ4v) is 1.90. The van der Waals surface area contributed by atoms with E-state index in [1.54, 1.807) is 25.8 Å². The monoisotopic (exact) mass is 282 g/mol. The number of likely N-dealkylation sites (N-methyl/N-ethyl adjacent to an activating group) is 1. The van der Waals surface area contributed by atoms with Gasteiger partial charge in [0, 0.05) is 31.4 Å². The van der Waals surface area contributed by atoms with Gasteiger partial charge in [-0.1, -0.05) is 5.16 Å². The van der Waals surface area contributed by atoms with Crippen molar-refractivity contribution >= 4 is 17.2 Å². The van der Waals surface area contributed by atoms with Crippen molar-refractivity contribution in [2.45, 2.75) is 19.4 Å². The quantitative estimate of drug-likeness (QED) is 0.242. The highest BCUT2D eigenvalue weighted by atomic mass is 16.6. The topological polar surface area (TPSA) is 125 Å². The van der Waals surface area contributed by atoms with Crippen molar-refractivity contribution in [2.24, 2.45) is 10.9 Å². The van der Waals surface area contributed by atoms with Crippen LogP contribution in [0.1, 0.15) is 19.4 Å². The molecule has 1 rings (SSSR count). The molecule has 0 spiro atoms. The molecule has 0 amide bonds. The molecule has 20 heavy (non-hydrogen) atoms. The van der Waals surface area contributed by atoms with Crippen LogP contribution >= 0.6 is 0 Å². The van der Waals surface area contributed by atoms with Gasteiger partial charge >= 0.3 is 0 Å². The van der Waals surface area contributed by atoms with E-state index in [2.05, 4.69) is 5.16 Å². The van der Waals surface area contributed by atoms with Gasteiger partial charge in [-0.2, -0.15) is 0 Å². The molecule has 0 saturated carbocycles. The fourth-order valence-electron chi connectivity index (χ4n) is 1.90. The number of amidine groups is 1. The van der Waals surface area contributed by atoms with E-state index in [-0.39, 0.29) is 23.6 Å². The molecule has 0 bridgehead atoms. The number of aliphatic hydroxyl groups is 1. The first kappa shape index (κ1) is 15.7. The predicted octanol–water partition coefficient (Wildman–Crippen LogP) is 0.896. The Kier molecular flexibility index (Phi) is 4.51. The van der Waals surface area contributed by atoms with Gasteiger partial charge in [-0.05, 0) is 19.9 Å². The first-order valence-corrected chi connectivity index (χ1v) is 5.85. The first-order valence-electron chi connectivity index (χ1n) is 5.85. The van der Waals surface area contributed by atoms with E-state index in [1.165, 1.54) is 18.2 Å². The summed E-state index contributed by atoms with van der Waals surface area (Å²) in [5.74, 6) is -0.230. The third kappa shape index (κ3) is 3.82. The lowest BCUT2D eigenvalue weighted by Crippen LogP contribution is -2.37. The molecule has 0 aliphatic carbocycles. The summed E-state index contributed by atoms with van der Waals surface area (Å²) in [5, 5.41) is 32.3. The molecule has 0 fully saturated rings. The van der Waals surface area contributed by atoms with E-state index in [0.717, 1.165) is 0 Å². The smallest absolute Gasteiger partial charge is 0.270 e. The Bertz CT molecular complexity index is 537. The maximum absolute atomic E-state index is 10.8. The average Bonchev–Trinajstić information content (AvgIpc) is 2.34. The Morgan fingerprint density at radius 1 is 1.55 bits per heavy atom. The molecule has 1 aromatic rings. The van der Waals surface area contributed by atoms with Crippen molar-refractivity contribution < 1.29 is 15.2 Å². The van der Waals surface area contributed by atoms with Gasteiger partial charge in [0.2, 0.25) is 0 Å². The number of benzene rings is 1. The Morgan fingerprint density at radius 3 is 2.60 bits per heavy atom. The third-order valence-corrected chi connectivity index (χ3v) is 2.61. The molecular weight excluding hydrogens is 264 g/mol. The van der Waals surface area contributed by atoms with Crippen molar-refractivity contribution in [3.05, 3.63) is 33.9 Å². The molecule has 1 aromatic carbocycles. The van der Waals surface area contributed by atoms with E-state index in [1.807, 2.05) is 0 Å². The van der Waals surface area contributed by atoms with Crippen molar-refractivity contribution in [2.75, 3.05) is 18.5 Å². The lowest BCUT2D eigenvalue weighted by atomic mass is 10.1. The number of hydrogen-bond acceptors (Lipinski definition) is 6. The molecule has 0 unspecified atom stereocenters. The van der Waals surface area contributed by atoms with Crippen LogP contribution < -0.4 is 10.6 Å². The maximum Gasteiger partial charge on any atom is 0.270 e. The zero-order valence-corrected chi connectivity index (χ0v) is 11.6. The summed E-state index contributed by atoms with van der Waals surface area (Å²) in [6, 6.07) is 4.05. The molecule has 4 N–H and O–H groups in total. The molecule has 0 aliphatic rings. The normalized spacial score (nSPS) is 12.3. The minimum absolute atomic E-state index is 0.160. The summed E-state index contributed by atoms with van der Waals surface area (Å²) in [6.07, 6.45) is 0. The zero-order chi connectivity index (χ0) is 15.5. The van der Waals surface area contributed by atoms with Crippen molar-refractivity contribution in [3.8, 4) is 0 Å². The van der Waals surface area contributed by atoms with Crippen molar-refractivity contribution in [3.63, 3.8) is 0 Å². The number of oxime groups is 1. The Hall–Kier alpha value is -2.35. The number of hydrogen-bond donors (Lipinski definition) is 3. The van der Waals surface area contributed by atoms with Crippen LogP contribution in [0.3, 0.4) is 0 Å². The van der Waals surface area contributed by atoms with Crippen molar-refractivity contribution in [1.82, 2.24) is 0 Å². The second-order valence-electron chi connectivity index (χ2n) is 5.11. The lowest BCUT2D eigenvalue weighted by molar-refractivity contribution is -0.384. The molecule has 8 nitrogen and oxygen atoms in total. The highest BCUT2D eigenvalue weighted by Crippen LogP contribution is 2.25. The van der Waals surface area contributed by atoms with E-state index in [0.29, 0.717) is 5.69 Å². The number of nitrogens with zero attached hydrogens (tertiary/aromatic N) is 3. The van der Waals surface area contributed by atoms with Crippen LogP contribution in [0.5, 0.6) is 0 Å². The number of rotatable bonds is 5. The lowest BCUT2D eigenvalue weighted by Gasteiger charge is -2.28. The maximum atomic E-state index is 10.8. The van der Waals surface area contributed by atoms with E-state index in [4.69, 9.17) is 10.9 Å². The van der Waals surface area contributed by atoms with Crippen LogP contribution in [0.15, 0.2) is 23.4 Å². The molecule has 0 heterocycles. The average molecular weight is 282 g/mol. The van der Waals surface area contributed by atoms with Gasteiger partial charge in [-0.15, -0.1) is 0 Å². The molecule has 0 saturated heterocycles. The van der Waals surface area contributed by atoms with E-state index >= 15 is 0 Å². The second-order valence-corrected chi connectivity index (χ2v) is 5.11. The molecule has 0 aromatic heterocycles. The zero-order valence-electron chi connectivity index (χ0n) is 11.6. The molecular formula is C12H18N4O4. The highest BCUT2D eigenvalue weighted by Gasteiger charge is 2.21. The van der Waals surface area contributed by atoms with Crippen LogP contribution in [-0.2, 0) is 0 Å². The molecule has 110 valence electrons. The molecule has 8 heteroatoms. The number of non-ortho nitro benzene ring substituents is 1. The van der Waals surface area contributed by atoms with Crippen LogP contribution in [0.2, 0.25) is 0 Å².